The molecule has 8 heteroatoms. The lowest BCUT2D eigenvalue weighted by molar-refractivity contribution is -0.131. The quantitative estimate of drug-likeness (QED) is 0.686. The lowest BCUT2D eigenvalue weighted by atomic mass is 9.99. The molecular formula is C14H11ClN2O4S. The second-order valence-corrected chi connectivity index (χ2v) is 6.67. The molecule has 3 amide bonds. The molecule has 2 aromatic rings. The molecule has 1 saturated heterocycles. The summed E-state index contributed by atoms with van der Waals surface area (Å²) in [7, 11) is 0. The second kappa shape index (κ2) is 5.26. The third kappa shape index (κ3) is 2.32. The van der Waals surface area contributed by atoms with Crippen LogP contribution in [0.15, 0.2) is 34.9 Å². The number of urea groups is 1. The van der Waals surface area contributed by atoms with Gasteiger partial charge in [0.05, 0.1) is 22.0 Å². The zero-order valence-electron chi connectivity index (χ0n) is 11.5. The van der Waals surface area contributed by atoms with Gasteiger partial charge in [-0.25, -0.2) is 4.79 Å². The van der Waals surface area contributed by atoms with Crippen LogP contribution in [0.5, 0.6) is 0 Å². The molecule has 0 radical (unpaired) electrons. The van der Waals surface area contributed by atoms with Gasteiger partial charge in [0, 0.05) is 0 Å². The minimum atomic E-state index is -1.30. The molecule has 1 N–H and O–H groups in total. The number of hydrogen-bond donors (Lipinski definition) is 1. The maximum Gasteiger partial charge on any atom is 0.325 e. The van der Waals surface area contributed by atoms with Crippen LogP contribution in [0.1, 0.15) is 22.4 Å². The molecule has 6 nitrogen and oxygen atoms in total. The average Bonchev–Trinajstić information content (AvgIpc) is 3.17. The van der Waals surface area contributed by atoms with Crippen LogP contribution < -0.4 is 5.32 Å². The molecule has 2 aromatic heterocycles. The molecule has 3 heterocycles. The smallest absolute Gasteiger partial charge is 0.325 e. The normalized spacial score (nSPS) is 21.3. The van der Waals surface area contributed by atoms with E-state index in [4.69, 9.17) is 16.0 Å². The van der Waals surface area contributed by atoms with Gasteiger partial charge >= 0.3 is 6.03 Å². The Labute approximate surface area is 134 Å². The van der Waals surface area contributed by atoms with Crippen molar-refractivity contribution in [3.8, 4) is 0 Å². The number of nitrogens with one attached hydrogen (secondary N) is 1. The molecule has 0 unspecified atom stereocenters. The Morgan fingerprint density at radius 1 is 1.41 bits per heavy atom. The number of imide groups is 1. The molecule has 114 valence electrons. The second-order valence-electron chi connectivity index (χ2n) is 4.95. The van der Waals surface area contributed by atoms with E-state index in [0.717, 1.165) is 16.2 Å². The number of hydrogen-bond acceptors (Lipinski definition) is 5. The van der Waals surface area contributed by atoms with Crippen molar-refractivity contribution >= 4 is 40.7 Å². The van der Waals surface area contributed by atoms with Crippen molar-refractivity contribution in [1.29, 1.82) is 0 Å². The summed E-state index contributed by atoms with van der Waals surface area (Å²) in [6, 6.07) is 5.77. The monoisotopic (exact) mass is 338 g/mol. The van der Waals surface area contributed by atoms with Gasteiger partial charge in [-0.1, -0.05) is 11.6 Å². The number of rotatable bonds is 4. The zero-order valence-corrected chi connectivity index (χ0v) is 13.0. The minimum absolute atomic E-state index is 0.319. The summed E-state index contributed by atoms with van der Waals surface area (Å²) >= 11 is 6.89. The van der Waals surface area contributed by atoms with Crippen molar-refractivity contribution in [1.82, 2.24) is 10.2 Å². The highest BCUT2D eigenvalue weighted by molar-refractivity contribution is 7.18. The molecule has 22 heavy (non-hydrogen) atoms. The van der Waals surface area contributed by atoms with Crippen molar-refractivity contribution in [2.45, 2.75) is 12.5 Å². The van der Waals surface area contributed by atoms with Crippen molar-refractivity contribution in [3.63, 3.8) is 0 Å². The van der Waals surface area contributed by atoms with Gasteiger partial charge in [0.25, 0.3) is 5.91 Å². The Balaban J connectivity index is 1.82. The first kappa shape index (κ1) is 14.8. The predicted octanol–water partition coefficient (Wildman–Crippen LogP) is 2.64. The predicted molar refractivity (Wildman–Crippen MR) is 80.0 cm³/mol. The van der Waals surface area contributed by atoms with E-state index in [1.807, 2.05) is 0 Å². The van der Waals surface area contributed by atoms with E-state index in [9.17, 15) is 14.4 Å². The highest BCUT2D eigenvalue weighted by Crippen LogP contribution is 2.29. The molecule has 0 saturated carbocycles. The molecule has 1 aliphatic heterocycles. The SMILES string of the molecule is C[C@]1(c2ccco2)NC(=O)N(CC(=O)c2ccc(Cl)s2)C1=O. The number of ketones is 1. The Hall–Kier alpha value is -2.12. The van der Waals surface area contributed by atoms with Gasteiger partial charge in [0.15, 0.2) is 11.3 Å². The summed E-state index contributed by atoms with van der Waals surface area (Å²) in [5.74, 6) is -0.549. The highest BCUT2D eigenvalue weighted by atomic mass is 35.5. The van der Waals surface area contributed by atoms with Crippen molar-refractivity contribution < 1.29 is 18.8 Å². The van der Waals surface area contributed by atoms with Crippen LogP contribution in [0, 0.1) is 0 Å². The number of Topliss-reactive ketones (excluding diaryl/α,β-unsaturated/α-hetero) is 1. The number of amides is 3. The molecular weight excluding hydrogens is 328 g/mol. The van der Waals surface area contributed by atoms with E-state index >= 15 is 0 Å². The fourth-order valence-electron chi connectivity index (χ4n) is 2.26. The molecule has 3 rings (SSSR count). The van der Waals surface area contributed by atoms with Crippen LogP contribution in [-0.2, 0) is 10.3 Å². The first-order chi connectivity index (χ1) is 10.4. The van der Waals surface area contributed by atoms with Crippen LogP contribution in [0.2, 0.25) is 4.34 Å². The number of carbonyl (C=O) groups excluding carboxylic acids is 3. The topological polar surface area (TPSA) is 79.6 Å². The minimum Gasteiger partial charge on any atom is -0.466 e. The number of halogens is 1. The Morgan fingerprint density at radius 3 is 2.77 bits per heavy atom. The van der Waals surface area contributed by atoms with Crippen LogP contribution in [0.4, 0.5) is 4.79 Å². The molecule has 0 aliphatic carbocycles. The summed E-state index contributed by atoms with van der Waals surface area (Å²) < 4.78 is 5.69. The summed E-state index contributed by atoms with van der Waals surface area (Å²) in [4.78, 5) is 38.0. The van der Waals surface area contributed by atoms with E-state index < -0.39 is 17.5 Å². The fraction of sp³-hybridized carbons (Fsp3) is 0.214. The average molecular weight is 339 g/mol. The van der Waals surface area contributed by atoms with Gasteiger partial charge in [-0.3, -0.25) is 14.5 Å². The van der Waals surface area contributed by atoms with Gasteiger partial charge in [-0.2, -0.15) is 0 Å². The standard InChI is InChI=1S/C14H11ClN2O4S/c1-14(10-3-2-6-21-10)12(19)17(13(20)16-14)7-8(18)9-4-5-11(15)22-9/h2-6H,7H2,1H3,(H,16,20)/t14-/m1/s1. The van der Waals surface area contributed by atoms with E-state index in [1.165, 1.54) is 6.26 Å². The van der Waals surface area contributed by atoms with Crippen molar-refractivity contribution in [2.24, 2.45) is 0 Å². The van der Waals surface area contributed by atoms with E-state index in [1.54, 1.807) is 31.2 Å². The molecule has 1 fully saturated rings. The van der Waals surface area contributed by atoms with Gasteiger partial charge in [-0.15, -0.1) is 11.3 Å². The fourth-order valence-corrected chi connectivity index (χ4v) is 3.23. The third-order valence-corrected chi connectivity index (χ3v) is 4.71. The molecule has 1 atom stereocenters. The zero-order chi connectivity index (χ0) is 15.9. The number of furan rings is 1. The van der Waals surface area contributed by atoms with Gasteiger partial charge in [0.1, 0.15) is 5.76 Å². The third-order valence-electron chi connectivity index (χ3n) is 3.44. The summed E-state index contributed by atoms with van der Waals surface area (Å²) in [5.41, 5.74) is -1.30. The van der Waals surface area contributed by atoms with Gasteiger partial charge in [0.2, 0.25) is 0 Å². The van der Waals surface area contributed by atoms with E-state index in [-0.39, 0.29) is 12.3 Å². The van der Waals surface area contributed by atoms with Gasteiger partial charge in [-0.05, 0) is 31.2 Å². The maximum atomic E-state index is 12.5. The first-order valence-corrected chi connectivity index (χ1v) is 7.58. The van der Waals surface area contributed by atoms with Crippen molar-refractivity contribution in [2.75, 3.05) is 6.54 Å². The van der Waals surface area contributed by atoms with Crippen LogP contribution in [0.3, 0.4) is 0 Å². The summed E-state index contributed by atoms with van der Waals surface area (Å²) in [5, 5.41) is 2.56. The van der Waals surface area contributed by atoms with Crippen LogP contribution in [-0.4, -0.2) is 29.2 Å². The lowest BCUT2D eigenvalue weighted by Crippen LogP contribution is -2.41. The molecule has 0 aromatic carbocycles. The highest BCUT2D eigenvalue weighted by Gasteiger charge is 2.51. The largest absolute Gasteiger partial charge is 0.466 e. The maximum absolute atomic E-state index is 12.5. The number of carbonyl (C=O) groups is 3. The van der Waals surface area contributed by atoms with Gasteiger partial charge < -0.3 is 9.73 Å². The van der Waals surface area contributed by atoms with Crippen LogP contribution in [0.25, 0.3) is 0 Å². The Bertz CT molecular complexity index is 755. The first-order valence-electron chi connectivity index (χ1n) is 6.38. The molecule has 0 bridgehead atoms. The molecule has 1 aliphatic rings. The number of thiophene rings is 1. The number of nitrogens with zero attached hydrogens (tertiary/aromatic N) is 1. The van der Waals surface area contributed by atoms with E-state index in [0.29, 0.717) is 15.0 Å². The van der Waals surface area contributed by atoms with Crippen LogP contribution >= 0.6 is 22.9 Å². The Morgan fingerprint density at radius 2 is 2.18 bits per heavy atom. The lowest BCUT2D eigenvalue weighted by Gasteiger charge is -2.18. The summed E-state index contributed by atoms with van der Waals surface area (Å²) in [6.07, 6.45) is 1.42. The summed E-state index contributed by atoms with van der Waals surface area (Å²) in [6.45, 7) is 1.20. The van der Waals surface area contributed by atoms with E-state index in [2.05, 4.69) is 5.32 Å². The Kier molecular flexibility index (Phi) is 3.54. The van der Waals surface area contributed by atoms with Crippen molar-refractivity contribution in [3.05, 3.63) is 45.5 Å². The molecule has 0 spiro atoms.